The average Bonchev–Trinajstić information content (AvgIpc) is 3.32. The van der Waals surface area contributed by atoms with Crippen molar-refractivity contribution in [1.29, 1.82) is 0 Å². The second-order valence-electron chi connectivity index (χ2n) is 14.0. The highest BCUT2D eigenvalue weighted by atomic mass is 35.5. The SMILES string of the molecule is ClCCl.Fc1c(F)c(F)c(C2=C(P(c3ccccc3)c3ccccc3)[P+](c3ccccc3)(c3ccccc3)[B-]2(c2c(F)c(F)c(F)c(F)c2F)c2c(F)c(F)c(F)c(F)c2F)c(F)c1F. The molecule has 334 valence electrons. The van der Waals surface area contributed by atoms with Crippen molar-refractivity contribution >= 4 is 81.7 Å². The van der Waals surface area contributed by atoms with E-state index in [1.54, 1.807) is 0 Å². The highest BCUT2D eigenvalue weighted by Gasteiger charge is 2.75. The Kier molecular flexibility index (Phi) is 13.6. The summed E-state index contributed by atoms with van der Waals surface area (Å²) in [6.07, 6.45) is 0. The van der Waals surface area contributed by atoms with E-state index in [4.69, 9.17) is 23.2 Å². The van der Waals surface area contributed by atoms with Gasteiger partial charge in [0.25, 0.3) is 5.87 Å². The van der Waals surface area contributed by atoms with E-state index in [0.717, 1.165) is 24.3 Å². The van der Waals surface area contributed by atoms with Crippen molar-refractivity contribution in [3.05, 3.63) is 219 Å². The van der Waals surface area contributed by atoms with Gasteiger partial charge in [0.1, 0.15) is 23.3 Å². The molecule has 20 heteroatoms. The molecule has 0 nitrogen and oxygen atoms in total. The van der Waals surface area contributed by atoms with Crippen LogP contribution in [-0.2, 0) is 0 Å². The van der Waals surface area contributed by atoms with E-state index in [1.165, 1.54) is 97.1 Å². The lowest BCUT2D eigenvalue weighted by Crippen LogP contribution is -2.74. The zero-order chi connectivity index (χ0) is 47.3. The molecular formula is C45H22BCl2F15P2. The van der Waals surface area contributed by atoms with E-state index in [0.29, 0.717) is 0 Å². The fourth-order valence-corrected chi connectivity index (χ4v) is 19.9. The zero-order valence-electron chi connectivity index (χ0n) is 32.2. The molecule has 0 fully saturated rings. The topological polar surface area (TPSA) is 0 Å². The van der Waals surface area contributed by atoms with Crippen LogP contribution in [0.4, 0.5) is 65.9 Å². The maximum absolute atomic E-state index is 17.2. The smallest absolute Gasteiger partial charge is 0.207 e. The van der Waals surface area contributed by atoms with Crippen molar-refractivity contribution in [3.8, 4) is 0 Å². The van der Waals surface area contributed by atoms with Crippen molar-refractivity contribution in [1.82, 2.24) is 0 Å². The van der Waals surface area contributed by atoms with Crippen LogP contribution in [0, 0.1) is 87.3 Å². The van der Waals surface area contributed by atoms with Gasteiger partial charge in [-0.2, -0.15) is 0 Å². The first-order valence-corrected chi connectivity index (χ1v) is 22.7. The van der Waals surface area contributed by atoms with Crippen molar-refractivity contribution in [2.24, 2.45) is 0 Å². The molecule has 7 aromatic carbocycles. The van der Waals surface area contributed by atoms with Gasteiger partial charge in [-0.15, -0.1) is 28.7 Å². The van der Waals surface area contributed by atoms with Crippen molar-refractivity contribution in [2.75, 3.05) is 5.34 Å². The van der Waals surface area contributed by atoms with E-state index < -0.39 is 135 Å². The molecule has 1 aliphatic heterocycles. The van der Waals surface area contributed by atoms with Crippen LogP contribution in [0.2, 0.25) is 0 Å². The molecule has 0 N–H and O–H groups in total. The number of hydrogen-bond acceptors (Lipinski definition) is 0. The minimum Gasteiger partial charge on any atom is -0.207 e. The van der Waals surface area contributed by atoms with Crippen LogP contribution in [0.1, 0.15) is 5.56 Å². The molecule has 0 aliphatic carbocycles. The van der Waals surface area contributed by atoms with Crippen LogP contribution in [0.25, 0.3) is 5.47 Å². The quantitative estimate of drug-likeness (QED) is 0.0355. The van der Waals surface area contributed by atoms with Gasteiger partial charge in [0.15, 0.2) is 58.2 Å². The number of halogens is 17. The van der Waals surface area contributed by atoms with Gasteiger partial charge in [0.2, 0.25) is 5.82 Å². The minimum absolute atomic E-state index is 0.112. The van der Waals surface area contributed by atoms with Gasteiger partial charge in [0, 0.05) is 18.5 Å². The second kappa shape index (κ2) is 18.5. The molecule has 1 heterocycles. The summed E-state index contributed by atoms with van der Waals surface area (Å²) >= 11 is 9.53. The van der Waals surface area contributed by atoms with E-state index in [2.05, 4.69) is 0 Å². The largest absolute Gasteiger partial charge is 0.278 e. The molecule has 0 amide bonds. The second-order valence-corrected chi connectivity index (χ2v) is 21.0. The lowest BCUT2D eigenvalue weighted by atomic mass is 9.31. The molecule has 0 atom stereocenters. The monoisotopic (exact) mass is 990 g/mol. The van der Waals surface area contributed by atoms with Crippen LogP contribution in [0.15, 0.2) is 126 Å². The lowest BCUT2D eigenvalue weighted by Gasteiger charge is -2.63. The molecule has 0 saturated carbocycles. The Morgan fingerprint density at radius 2 is 0.600 bits per heavy atom. The van der Waals surface area contributed by atoms with Crippen LogP contribution in [0.3, 0.4) is 0 Å². The third-order valence-electron chi connectivity index (χ3n) is 10.9. The summed E-state index contributed by atoms with van der Waals surface area (Å²) in [5.74, 6) is -48.5. The van der Waals surface area contributed by atoms with Gasteiger partial charge in [-0.05, 0) is 42.0 Å². The minimum atomic E-state index is -5.52. The third-order valence-corrected chi connectivity index (χ3v) is 19.9. The van der Waals surface area contributed by atoms with Gasteiger partial charge in [0.05, 0.1) is 15.9 Å². The summed E-state index contributed by atoms with van der Waals surface area (Å²) < 4.78 is 243. The number of hydrogen-bond donors (Lipinski definition) is 0. The van der Waals surface area contributed by atoms with E-state index in [1.807, 2.05) is 0 Å². The first-order valence-electron chi connectivity index (χ1n) is 18.5. The molecule has 0 aromatic heterocycles. The van der Waals surface area contributed by atoms with Crippen LogP contribution in [0.5, 0.6) is 0 Å². The van der Waals surface area contributed by atoms with E-state index >= 15 is 61.5 Å². The van der Waals surface area contributed by atoms with Crippen LogP contribution in [-0.4, -0.2) is 11.2 Å². The molecular weight excluding hydrogens is 969 g/mol. The predicted octanol–water partition coefficient (Wildman–Crippen LogP) is 12.0. The number of benzene rings is 7. The highest BCUT2D eigenvalue weighted by molar-refractivity contribution is 8.32. The van der Waals surface area contributed by atoms with Gasteiger partial charge in [-0.3, -0.25) is 0 Å². The maximum Gasteiger partial charge on any atom is 0.278 e. The van der Waals surface area contributed by atoms with Crippen LogP contribution < -0.4 is 32.1 Å². The summed E-state index contributed by atoms with van der Waals surface area (Å²) in [5, 5.41) is -0.943. The standard InChI is InChI=1S/C44H20BF15P2.CH2Cl2/c46-29-25(30(47)36(53)41(58)35(29)52)26-44(61(21-13-5-1-6-14-21)22-15-7-2-8-16-22)62(23-17-9-3-10-18-23,24-19-11-4-12-20-24)45(26,27-31(48)37(54)42(59)38(55)32(27)49)28-33(50)39(56)43(60)40(57)34(28)51;2-1-3/h1-20H;1H2. The van der Waals surface area contributed by atoms with Crippen LogP contribution >= 0.6 is 38.3 Å². The summed E-state index contributed by atoms with van der Waals surface area (Å²) in [4.78, 5) is 0. The molecule has 0 saturated heterocycles. The van der Waals surface area contributed by atoms with Gasteiger partial charge in [-0.1, -0.05) is 108 Å². The van der Waals surface area contributed by atoms with Gasteiger partial charge < -0.3 is 0 Å². The molecule has 0 unspecified atom stereocenters. The fraction of sp³-hybridized carbons (Fsp3) is 0.0222. The molecule has 0 spiro atoms. The highest BCUT2D eigenvalue weighted by Crippen LogP contribution is 2.88. The van der Waals surface area contributed by atoms with Gasteiger partial charge >= 0.3 is 0 Å². The zero-order valence-corrected chi connectivity index (χ0v) is 35.5. The third kappa shape index (κ3) is 7.05. The first-order chi connectivity index (χ1) is 31.0. The Labute approximate surface area is 370 Å². The van der Waals surface area contributed by atoms with E-state index in [9.17, 15) is 4.39 Å². The Morgan fingerprint density at radius 1 is 0.354 bits per heavy atom. The lowest BCUT2D eigenvalue weighted by molar-refractivity contribution is 0.376. The number of rotatable bonds is 8. The van der Waals surface area contributed by atoms with Gasteiger partial charge in [-0.25, -0.2) is 65.9 Å². The molecule has 8 rings (SSSR count). The molecule has 1 aliphatic rings. The normalized spacial score (nSPS) is 14.0. The Morgan fingerprint density at radius 3 is 0.892 bits per heavy atom. The molecule has 7 aromatic rings. The van der Waals surface area contributed by atoms with E-state index in [-0.39, 0.29) is 26.6 Å². The average molecular weight is 991 g/mol. The summed E-state index contributed by atoms with van der Waals surface area (Å²) in [7, 11) is -7.99. The summed E-state index contributed by atoms with van der Waals surface area (Å²) in [6.45, 7) is 0. The summed E-state index contributed by atoms with van der Waals surface area (Å²) in [5.41, 5.74) is -8.57. The van der Waals surface area contributed by atoms with Crippen molar-refractivity contribution < 1.29 is 65.9 Å². The molecule has 0 bridgehead atoms. The summed E-state index contributed by atoms with van der Waals surface area (Å²) in [6, 6.07) is 26.4. The number of alkyl halides is 2. The predicted molar refractivity (Wildman–Crippen MR) is 225 cm³/mol. The fourth-order valence-electron chi connectivity index (χ4n) is 8.64. The van der Waals surface area contributed by atoms with Crippen molar-refractivity contribution in [2.45, 2.75) is 0 Å². The Bertz CT molecular complexity index is 2770. The molecule has 0 radical (unpaired) electrons. The maximum atomic E-state index is 17.2. The molecule has 65 heavy (non-hydrogen) atoms. The van der Waals surface area contributed by atoms with Crippen molar-refractivity contribution in [3.63, 3.8) is 0 Å². The Hall–Kier alpha value is -5.27. The first kappa shape index (κ1) is 47.7. The Balaban J connectivity index is 0.00000204.